The minimum atomic E-state index is -0.539. The second-order valence-corrected chi connectivity index (χ2v) is 10.2. The van der Waals surface area contributed by atoms with Crippen LogP contribution < -0.4 is 20.7 Å². The number of benzene rings is 3. The van der Waals surface area contributed by atoms with Crippen molar-refractivity contribution in [3.8, 4) is 5.75 Å². The van der Waals surface area contributed by atoms with Crippen molar-refractivity contribution >= 4 is 46.2 Å². The molecule has 4 amide bonds. The highest BCUT2D eigenvalue weighted by atomic mass is 127. The molecule has 9 nitrogen and oxygen atoms in total. The molecule has 0 aromatic heterocycles. The second-order valence-electron chi connectivity index (χ2n) is 8.97. The van der Waals surface area contributed by atoms with Gasteiger partial charge in [-0.2, -0.15) is 0 Å². The molecule has 210 valence electrons. The lowest BCUT2D eigenvalue weighted by Gasteiger charge is -2.22. The molecular formula is C30H33IN4O5. The summed E-state index contributed by atoms with van der Waals surface area (Å²) in [6.07, 6.45) is 1.23. The number of nitrogens with zero attached hydrogens (tertiary/aromatic N) is 1. The van der Waals surface area contributed by atoms with Crippen molar-refractivity contribution < 1.29 is 23.9 Å². The van der Waals surface area contributed by atoms with Crippen LogP contribution in [0.2, 0.25) is 0 Å². The van der Waals surface area contributed by atoms with Crippen LogP contribution in [0.3, 0.4) is 0 Å². The van der Waals surface area contributed by atoms with E-state index in [0.717, 1.165) is 25.3 Å². The molecule has 3 aromatic rings. The lowest BCUT2D eigenvalue weighted by molar-refractivity contribution is -0.138. The number of hydrogen-bond donors (Lipinski definition) is 3. The van der Waals surface area contributed by atoms with Gasteiger partial charge in [0.2, 0.25) is 17.7 Å². The van der Waals surface area contributed by atoms with Crippen molar-refractivity contribution in [2.45, 2.75) is 12.8 Å². The van der Waals surface area contributed by atoms with Crippen LogP contribution in [-0.2, 0) is 27.2 Å². The number of ether oxygens (including phenoxy) is 1. The van der Waals surface area contributed by atoms with Crippen LogP contribution >= 0.6 is 22.6 Å². The average Bonchev–Trinajstić information content (AvgIpc) is 2.96. The summed E-state index contributed by atoms with van der Waals surface area (Å²) in [7, 11) is 1.60. The van der Waals surface area contributed by atoms with Crippen LogP contribution in [0.5, 0.6) is 5.75 Å². The SMILES string of the molecule is COc1ccc(CCNC(=O)CN(CC(=O)NCCc2ccccc2)C(=O)CNC(=O)c2ccc(I)cc2)cc1. The highest BCUT2D eigenvalue weighted by Crippen LogP contribution is 2.11. The van der Waals surface area contributed by atoms with E-state index in [2.05, 4.69) is 38.5 Å². The summed E-state index contributed by atoms with van der Waals surface area (Å²) in [5.74, 6) is -0.997. The Balaban J connectivity index is 1.53. The Morgan fingerprint density at radius 3 is 1.82 bits per heavy atom. The van der Waals surface area contributed by atoms with Crippen LogP contribution in [0.15, 0.2) is 78.9 Å². The smallest absolute Gasteiger partial charge is 0.251 e. The monoisotopic (exact) mass is 656 g/mol. The minimum Gasteiger partial charge on any atom is -0.497 e. The number of halogens is 1. The minimum absolute atomic E-state index is 0.307. The summed E-state index contributed by atoms with van der Waals surface area (Å²) in [6, 6.07) is 24.1. The third kappa shape index (κ3) is 10.7. The number of methoxy groups -OCH3 is 1. The molecule has 0 saturated heterocycles. The number of hydrogen-bond acceptors (Lipinski definition) is 5. The van der Waals surface area contributed by atoms with Gasteiger partial charge in [-0.3, -0.25) is 19.2 Å². The van der Waals surface area contributed by atoms with Crippen LogP contribution in [0.1, 0.15) is 21.5 Å². The summed E-state index contributed by atoms with van der Waals surface area (Å²) in [4.78, 5) is 51.9. The topological polar surface area (TPSA) is 117 Å². The van der Waals surface area contributed by atoms with E-state index in [1.807, 2.05) is 54.6 Å². The molecule has 0 saturated carbocycles. The molecule has 0 atom stereocenters. The lowest BCUT2D eigenvalue weighted by Crippen LogP contribution is -2.49. The van der Waals surface area contributed by atoms with Gasteiger partial charge in [0, 0.05) is 22.2 Å². The normalized spacial score (nSPS) is 10.3. The van der Waals surface area contributed by atoms with Crippen molar-refractivity contribution in [1.82, 2.24) is 20.9 Å². The quantitative estimate of drug-likeness (QED) is 0.231. The highest BCUT2D eigenvalue weighted by molar-refractivity contribution is 14.1. The number of carbonyl (C=O) groups is 4. The second kappa shape index (κ2) is 16.2. The largest absolute Gasteiger partial charge is 0.497 e. The van der Waals surface area contributed by atoms with E-state index < -0.39 is 17.7 Å². The number of nitrogens with one attached hydrogen (secondary N) is 3. The molecule has 0 bridgehead atoms. The Bertz CT molecular complexity index is 1270. The van der Waals surface area contributed by atoms with Crippen LogP contribution in [-0.4, -0.2) is 68.4 Å². The highest BCUT2D eigenvalue weighted by Gasteiger charge is 2.21. The van der Waals surface area contributed by atoms with Gasteiger partial charge in [0.15, 0.2) is 0 Å². The van der Waals surface area contributed by atoms with Crippen molar-refractivity contribution in [1.29, 1.82) is 0 Å². The molecule has 3 N–H and O–H groups in total. The van der Waals surface area contributed by atoms with Gasteiger partial charge in [0.25, 0.3) is 5.91 Å². The van der Waals surface area contributed by atoms with Gasteiger partial charge in [-0.05, 0) is 83.0 Å². The maximum atomic E-state index is 13.0. The predicted octanol–water partition coefficient (Wildman–Crippen LogP) is 2.58. The first-order chi connectivity index (χ1) is 19.3. The van der Waals surface area contributed by atoms with E-state index >= 15 is 0 Å². The van der Waals surface area contributed by atoms with E-state index in [9.17, 15) is 19.2 Å². The van der Waals surface area contributed by atoms with Gasteiger partial charge >= 0.3 is 0 Å². The van der Waals surface area contributed by atoms with Gasteiger partial charge < -0.3 is 25.6 Å². The van der Waals surface area contributed by atoms with E-state index in [1.165, 1.54) is 0 Å². The number of rotatable bonds is 14. The molecule has 40 heavy (non-hydrogen) atoms. The molecule has 0 fully saturated rings. The summed E-state index contributed by atoms with van der Waals surface area (Å²) >= 11 is 2.14. The molecule has 0 unspecified atom stereocenters. The van der Waals surface area contributed by atoms with Crippen molar-refractivity contribution in [3.63, 3.8) is 0 Å². The van der Waals surface area contributed by atoms with Crippen molar-refractivity contribution in [3.05, 3.63) is 99.1 Å². The van der Waals surface area contributed by atoms with Gasteiger partial charge in [-0.15, -0.1) is 0 Å². The van der Waals surface area contributed by atoms with E-state index in [1.54, 1.807) is 31.4 Å². The Hall–Kier alpha value is -3.93. The van der Waals surface area contributed by atoms with Crippen molar-refractivity contribution in [2.24, 2.45) is 0 Å². The maximum absolute atomic E-state index is 13.0. The fourth-order valence-electron chi connectivity index (χ4n) is 3.79. The third-order valence-electron chi connectivity index (χ3n) is 6.00. The zero-order valence-electron chi connectivity index (χ0n) is 22.3. The van der Waals surface area contributed by atoms with E-state index in [4.69, 9.17) is 4.74 Å². The van der Waals surface area contributed by atoms with Gasteiger partial charge in [0.05, 0.1) is 13.7 Å². The van der Waals surface area contributed by atoms with Gasteiger partial charge in [-0.1, -0.05) is 42.5 Å². The van der Waals surface area contributed by atoms with E-state index in [-0.39, 0.29) is 25.5 Å². The summed E-state index contributed by atoms with van der Waals surface area (Å²) < 4.78 is 6.13. The Morgan fingerprint density at radius 2 is 1.27 bits per heavy atom. The average molecular weight is 657 g/mol. The first-order valence-corrected chi connectivity index (χ1v) is 13.9. The summed E-state index contributed by atoms with van der Waals surface area (Å²) in [5.41, 5.74) is 2.50. The zero-order chi connectivity index (χ0) is 28.7. The van der Waals surface area contributed by atoms with Crippen LogP contribution in [0.4, 0.5) is 0 Å². The molecule has 0 aliphatic carbocycles. The standard InChI is InChI=1S/C30H33IN4O5/c1-40-26-13-7-23(8-14-26)16-18-33-28(37)21-35(20-27(36)32-17-15-22-5-3-2-4-6-22)29(38)19-34-30(39)24-9-11-25(31)12-10-24/h2-14H,15-21H2,1H3,(H,32,36)(H,33,37)(H,34,39). The predicted molar refractivity (Wildman–Crippen MR) is 161 cm³/mol. The lowest BCUT2D eigenvalue weighted by atomic mass is 10.1. The molecule has 3 aromatic carbocycles. The zero-order valence-corrected chi connectivity index (χ0v) is 24.5. The summed E-state index contributed by atoms with van der Waals surface area (Å²) in [5, 5.41) is 8.17. The maximum Gasteiger partial charge on any atom is 0.251 e. The molecule has 0 heterocycles. The van der Waals surface area contributed by atoms with Gasteiger partial charge in [-0.25, -0.2) is 0 Å². The molecule has 0 aliphatic heterocycles. The first kappa shape index (κ1) is 30.6. The number of amides is 4. The molecule has 0 radical (unpaired) electrons. The number of carbonyl (C=O) groups excluding carboxylic acids is 4. The van der Waals surface area contributed by atoms with Crippen LogP contribution in [0.25, 0.3) is 0 Å². The molecule has 0 spiro atoms. The Morgan fingerprint density at radius 1 is 0.725 bits per heavy atom. The molecular weight excluding hydrogens is 623 g/mol. The summed E-state index contributed by atoms with van der Waals surface area (Å²) in [6.45, 7) is -0.213. The first-order valence-electron chi connectivity index (χ1n) is 12.9. The Labute approximate surface area is 247 Å². The molecule has 10 heteroatoms. The third-order valence-corrected chi connectivity index (χ3v) is 6.72. The van der Waals surface area contributed by atoms with E-state index in [0.29, 0.717) is 31.5 Å². The van der Waals surface area contributed by atoms with Crippen molar-refractivity contribution in [2.75, 3.05) is 39.8 Å². The Kier molecular flexibility index (Phi) is 12.4. The van der Waals surface area contributed by atoms with Crippen LogP contribution in [0, 0.1) is 3.57 Å². The van der Waals surface area contributed by atoms with Gasteiger partial charge in [0.1, 0.15) is 18.8 Å². The molecule has 3 rings (SSSR count). The fourth-order valence-corrected chi connectivity index (χ4v) is 4.15. The fraction of sp³-hybridized carbons (Fsp3) is 0.267. The molecule has 0 aliphatic rings.